The molecule has 2 N–H and O–H groups in total. The highest BCUT2D eigenvalue weighted by Gasteiger charge is 2.11. The summed E-state index contributed by atoms with van der Waals surface area (Å²) < 4.78 is 10.1. The van der Waals surface area contributed by atoms with Crippen LogP contribution in [0.5, 0.6) is 5.75 Å². The van der Waals surface area contributed by atoms with Gasteiger partial charge in [0.2, 0.25) is 0 Å². The molecule has 0 aliphatic heterocycles. The van der Waals surface area contributed by atoms with Crippen molar-refractivity contribution in [3.05, 3.63) is 54.2 Å². The molecule has 0 radical (unpaired) electrons. The molecule has 122 valence electrons. The lowest BCUT2D eigenvalue weighted by molar-refractivity contribution is 0.102. The van der Waals surface area contributed by atoms with Gasteiger partial charge in [-0.15, -0.1) is 0 Å². The normalized spacial score (nSPS) is 10.2. The van der Waals surface area contributed by atoms with Crippen LogP contribution in [0.3, 0.4) is 0 Å². The molecule has 1 aromatic carbocycles. The van der Waals surface area contributed by atoms with Crippen LogP contribution >= 0.6 is 0 Å². The monoisotopic (exact) mass is 325 g/mol. The standard InChI is InChI=1S/C16H15N5O3/c1-10-6-15(21-24-10)20-16(22)13-8-14(18-9-17-13)19-11-4-3-5-12(7-11)23-2/h3-9H,1-2H3,(H,17,18,19)(H,20,21,22). The Bertz CT molecular complexity index is 862. The van der Waals surface area contributed by atoms with Crippen LogP contribution in [-0.2, 0) is 0 Å². The Balaban J connectivity index is 1.74. The van der Waals surface area contributed by atoms with Gasteiger partial charge in [-0.2, -0.15) is 0 Å². The van der Waals surface area contributed by atoms with E-state index in [0.29, 0.717) is 23.1 Å². The van der Waals surface area contributed by atoms with Gasteiger partial charge in [0.05, 0.1) is 7.11 Å². The van der Waals surface area contributed by atoms with E-state index in [0.717, 1.165) is 5.69 Å². The van der Waals surface area contributed by atoms with Gasteiger partial charge in [-0.05, 0) is 19.1 Å². The lowest BCUT2D eigenvalue weighted by Gasteiger charge is -2.08. The molecule has 0 saturated carbocycles. The topological polar surface area (TPSA) is 102 Å². The van der Waals surface area contributed by atoms with Crippen molar-refractivity contribution in [3.63, 3.8) is 0 Å². The molecule has 0 aliphatic rings. The number of nitrogens with zero attached hydrogens (tertiary/aromatic N) is 3. The minimum Gasteiger partial charge on any atom is -0.497 e. The number of aryl methyl sites for hydroxylation is 1. The number of carbonyl (C=O) groups is 1. The van der Waals surface area contributed by atoms with E-state index in [1.54, 1.807) is 26.2 Å². The van der Waals surface area contributed by atoms with Crippen molar-refractivity contribution in [2.24, 2.45) is 0 Å². The third-order valence-electron chi connectivity index (χ3n) is 3.11. The van der Waals surface area contributed by atoms with Crippen LogP contribution < -0.4 is 15.4 Å². The van der Waals surface area contributed by atoms with Crippen molar-refractivity contribution in [2.45, 2.75) is 6.92 Å². The number of aromatic nitrogens is 3. The summed E-state index contributed by atoms with van der Waals surface area (Å²) in [6, 6.07) is 10.5. The average Bonchev–Trinajstić information content (AvgIpc) is 3.00. The van der Waals surface area contributed by atoms with E-state index in [-0.39, 0.29) is 5.69 Å². The van der Waals surface area contributed by atoms with Gasteiger partial charge >= 0.3 is 0 Å². The highest BCUT2D eigenvalue weighted by atomic mass is 16.5. The fraction of sp³-hybridized carbons (Fsp3) is 0.125. The molecule has 0 unspecified atom stereocenters. The van der Waals surface area contributed by atoms with Crippen molar-refractivity contribution in [1.29, 1.82) is 0 Å². The Kier molecular flexibility index (Phi) is 4.37. The molecule has 0 aliphatic carbocycles. The third kappa shape index (κ3) is 3.67. The first-order valence-corrected chi connectivity index (χ1v) is 7.12. The average molecular weight is 325 g/mol. The SMILES string of the molecule is COc1cccc(Nc2cc(C(=O)Nc3cc(C)on3)ncn2)c1. The summed E-state index contributed by atoms with van der Waals surface area (Å²) in [6.45, 7) is 1.74. The molecule has 8 nitrogen and oxygen atoms in total. The largest absolute Gasteiger partial charge is 0.497 e. The maximum absolute atomic E-state index is 12.2. The van der Waals surface area contributed by atoms with E-state index in [1.165, 1.54) is 6.33 Å². The minimum atomic E-state index is -0.403. The Morgan fingerprint density at radius 3 is 2.79 bits per heavy atom. The van der Waals surface area contributed by atoms with Crippen LogP contribution in [0.1, 0.15) is 16.2 Å². The molecule has 3 rings (SSSR count). The van der Waals surface area contributed by atoms with E-state index >= 15 is 0 Å². The van der Waals surface area contributed by atoms with Crippen LogP contribution in [0.2, 0.25) is 0 Å². The Hall–Kier alpha value is -3.42. The number of nitrogens with one attached hydrogen (secondary N) is 2. The van der Waals surface area contributed by atoms with Crippen LogP contribution in [0, 0.1) is 6.92 Å². The van der Waals surface area contributed by atoms with E-state index in [1.807, 2.05) is 24.3 Å². The molecular formula is C16H15N5O3. The molecule has 3 aromatic rings. The molecule has 2 heterocycles. The highest BCUT2D eigenvalue weighted by Crippen LogP contribution is 2.20. The van der Waals surface area contributed by atoms with Crippen molar-refractivity contribution >= 4 is 23.2 Å². The van der Waals surface area contributed by atoms with Gasteiger partial charge in [0.25, 0.3) is 5.91 Å². The summed E-state index contributed by atoms with van der Waals surface area (Å²) in [5.74, 6) is 1.74. The number of hydrogen-bond acceptors (Lipinski definition) is 7. The van der Waals surface area contributed by atoms with Crippen molar-refractivity contribution < 1.29 is 14.1 Å². The van der Waals surface area contributed by atoms with E-state index in [2.05, 4.69) is 25.8 Å². The number of methoxy groups -OCH3 is 1. The van der Waals surface area contributed by atoms with E-state index in [9.17, 15) is 4.79 Å². The first kappa shape index (κ1) is 15.5. The van der Waals surface area contributed by atoms with E-state index in [4.69, 9.17) is 9.26 Å². The highest BCUT2D eigenvalue weighted by molar-refractivity contribution is 6.02. The van der Waals surface area contributed by atoms with Crippen molar-refractivity contribution in [3.8, 4) is 5.75 Å². The van der Waals surface area contributed by atoms with E-state index < -0.39 is 5.91 Å². The smallest absolute Gasteiger partial charge is 0.275 e. The van der Waals surface area contributed by atoms with Gasteiger partial charge in [-0.25, -0.2) is 9.97 Å². The van der Waals surface area contributed by atoms with Crippen LogP contribution in [0.15, 0.2) is 47.2 Å². The summed E-state index contributed by atoms with van der Waals surface area (Å²) in [5, 5.41) is 9.41. The maximum atomic E-state index is 12.2. The molecule has 0 bridgehead atoms. The minimum absolute atomic E-state index is 0.205. The Morgan fingerprint density at radius 1 is 1.17 bits per heavy atom. The summed E-state index contributed by atoms with van der Waals surface area (Å²) in [6.07, 6.45) is 1.31. The lowest BCUT2D eigenvalue weighted by Crippen LogP contribution is -2.14. The van der Waals surface area contributed by atoms with Gasteiger partial charge < -0.3 is 19.9 Å². The van der Waals surface area contributed by atoms with Gasteiger partial charge in [0.1, 0.15) is 29.3 Å². The number of amides is 1. The van der Waals surface area contributed by atoms with Crippen molar-refractivity contribution in [2.75, 3.05) is 17.7 Å². The van der Waals surface area contributed by atoms with Gasteiger partial charge in [-0.3, -0.25) is 4.79 Å². The van der Waals surface area contributed by atoms with Gasteiger partial charge in [0, 0.05) is 23.9 Å². The summed E-state index contributed by atoms with van der Waals surface area (Å²) in [7, 11) is 1.60. The second-order valence-corrected chi connectivity index (χ2v) is 4.92. The second-order valence-electron chi connectivity index (χ2n) is 4.92. The molecule has 0 saturated heterocycles. The Morgan fingerprint density at radius 2 is 2.04 bits per heavy atom. The molecule has 8 heteroatoms. The zero-order valence-corrected chi connectivity index (χ0v) is 13.1. The number of benzene rings is 1. The van der Waals surface area contributed by atoms with Crippen molar-refractivity contribution in [1.82, 2.24) is 15.1 Å². The molecular weight excluding hydrogens is 310 g/mol. The molecule has 0 fully saturated rings. The number of ether oxygens (including phenoxy) is 1. The zero-order chi connectivity index (χ0) is 16.9. The molecule has 0 atom stereocenters. The van der Waals surface area contributed by atoms with Crippen LogP contribution in [-0.4, -0.2) is 28.1 Å². The number of rotatable bonds is 5. The number of carbonyl (C=O) groups excluding carboxylic acids is 1. The van der Waals surface area contributed by atoms with Crippen LogP contribution in [0.4, 0.5) is 17.3 Å². The first-order chi connectivity index (χ1) is 11.6. The van der Waals surface area contributed by atoms with Crippen LogP contribution in [0.25, 0.3) is 0 Å². The maximum Gasteiger partial charge on any atom is 0.275 e. The molecule has 0 spiro atoms. The lowest BCUT2D eigenvalue weighted by atomic mass is 10.3. The summed E-state index contributed by atoms with van der Waals surface area (Å²) in [5.41, 5.74) is 0.989. The zero-order valence-electron chi connectivity index (χ0n) is 13.1. The number of anilines is 3. The predicted molar refractivity (Wildman–Crippen MR) is 87.5 cm³/mol. The van der Waals surface area contributed by atoms with Gasteiger partial charge in [0.15, 0.2) is 5.82 Å². The number of hydrogen-bond donors (Lipinski definition) is 2. The molecule has 24 heavy (non-hydrogen) atoms. The second kappa shape index (κ2) is 6.78. The summed E-state index contributed by atoms with van der Waals surface area (Å²) in [4.78, 5) is 20.3. The van der Waals surface area contributed by atoms with Gasteiger partial charge in [-0.1, -0.05) is 11.2 Å². The Labute approximate surface area is 137 Å². The summed E-state index contributed by atoms with van der Waals surface area (Å²) >= 11 is 0. The fourth-order valence-electron chi connectivity index (χ4n) is 2.00. The third-order valence-corrected chi connectivity index (χ3v) is 3.11. The quantitative estimate of drug-likeness (QED) is 0.743. The predicted octanol–water partition coefficient (Wildman–Crippen LogP) is 2.78. The molecule has 1 amide bonds. The fourth-order valence-corrected chi connectivity index (χ4v) is 2.00. The first-order valence-electron chi connectivity index (χ1n) is 7.12. The molecule has 2 aromatic heterocycles.